The van der Waals surface area contributed by atoms with Crippen molar-refractivity contribution in [2.45, 2.75) is 33.4 Å². The molecular weight excluding hydrogens is 252 g/mol. The zero-order valence-electron chi connectivity index (χ0n) is 11.8. The minimum absolute atomic E-state index is 0.160. The quantitative estimate of drug-likeness (QED) is 0.876. The van der Waals surface area contributed by atoms with Gasteiger partial charge >= 0.3 is 0 Å². The zero-order chi connectivity index (χ0) is 13.9. The van der Waals surface area contributed by atoms with E-state index >= 15 is 0 Å². The number of thiophene rings is 1. The average Bonchev–Trinajstić information content (AvgIpc) is 2.75. The van der Waals surface area contributed by atoms with Gasteiger partial charge in [-0.15, -0.1) is 11.3 Å². The fourth-order valence-electron chi connectivity index (χ4n) is 2.26. The van der Waals surface area contributed by atoms with Crippen LogP contribution in [-0.2, 0) is 6.54 Å². The Bertz CT molecular complexity index is 511. The molecule has 1 heterocycles. The lowest BCUT2D eigenvalue weighted by Crippen LogP contribution is -2.31. The lowest BCUT2D eigenvalue weighted by atomic mass is 9.82. The van der Waals surface area contributed by atoms with Crippen LogP contribution in [0.3, 0.4) is 0 Å². The van der Waals surface area contributed by atoms with Crippen molar-refractivity contribution in [1.29, 1.82) is 0 Å². The standard InChI is InChI=1S/C16H22N2S/c1-16(2,3)15(12-7-5-4-6-8-12)18-11-14-13(17)9-10-19-14/h4-10,15,18H,11,17H2,1-3H3. The van der Waals surface area contributed by atoms with Crippen molar-refractivity contribution in [3.05, 3.63) is 52.2 Å². The highest BCUT2D eigenvalue weighted by atomic mass is 32.1. The third-order valence-electron chi connectivity index (χ3n) is 3.25. The predicted octanol–water partition coefficient (Wildman–Crippen LogP) is 4.21. The molecule has 0 aliphatic heterocycles. The number of rotatable bonds is 4. The molecule has 1 aromatic heterocycles. The number of nitrogens with two attached hydrogens (primary N) is 1. The second kappa shape index (κ2) is 5.76. The summed E-state index contributed by atoms with van der Waals surface area (Å²) >= 11 is 1.71. The number of nitrogen functional groups attached to an aromatic ring is 1. The second-order valence-corrected chi connectivity index (χ2v) is 6.89. The molecule has 0 spiro atoms. The number of hydrogen-bond acceptors (Lipinski definition) is 3. The number of benzene rings is 1. The summed E-state index contributed by atoms with van der Waals surface area (Å²) < 4.78 is 0. The first kappa shape index (κ1) is 14.1. The number of hydrogen-bond donors (Lipinski definition) is 2. The van der Waals surface area contributed by atoms with Gasteiger partial charge in [0.2, 0.25) is 0 Å². The third-order valence-corrected chi connectivity index (χ3v) is 4.18. The topological polar surface area (TPSA) is 38.0 Å². The molecule has 2 nitrogen and oxygen atoms in total. The van der Waals surface area contributed by atoms with Gasteiger partial charge < -0.3 is 11.1 Å². The van der Waals surface area contributed by atoms with Gasteiger partial charge in [0.25, 0.3) is 0 Å². The van der Waals surface area contributed by atoms with Crippen LogP contribution in [0.4, 0.5) is 5.69 Å². The molecule has 0 saturated heterocycles. The first-order chi connectivity index (χ1) is 8.98. The Labute approximate surface area is 119 Å². The Balaban J connectivity index is 2.14. The maximum atomic E-state index is 5.94. The zero-order valence-corrected chi connectivity index (χ0v) is 12.6. The van der Waals surface area contributed by atoms with E-state index in [0.29, 0.717) is 6.04 Å². The Morgan fingerprint density at radius 2 is 1.84 bits per heavy atom. The van der Waals surface area contributed by atoms with Gasteiger partial charge in [0, 0.05) is 23.2 Å². The first-order valence-corrected chi connectivity index (χ1v) is 7.46. The molecule has 0 amide bonds. The summed E-state index contributed by atoms with van der Waals surface area (Å²) in [6.07, 6.45) is 0. The summed E-state index contributed by atoms with van der Waals surface area (Å²) in [5.74, 6) is 0. The van der Waals surface area contributed by atoms with E-state index in [4.69, 9.17) is 5.73 Å². The van der Waals surface area contributed by atoms with Crippen molar-refractivity contribution in [1.82, 2.24) is 5.32 Å². The third kappa shape index (κ3) is 3.58. The lowest BCUT2D eigenvalue weighted by Gasteiger charge is -2.32. The molecule has 1 atom stereocenters. The highest BCUT2D eigenvalue weighted by molar-refractivity contribution is 7.10. The maximum absolute atomic E-state index is 5.94. The van der Waals surface area contributed by atoms with Crippen LogP contribution in [0.1, 0.15) is 37.3 Å². The molecule has 3 heteroatoms. The van der Waals surface area contributed by atoms with Gasteiger partial charge in [-0.05, 0) is 22.4 Å². The van der Waals surface area contributed by atoms with Crippen LogP contribution < -0.4 is 11.1 Å². The van der Waals surface area contributed by atoms with E-state index in [1.54, 1.807) is 11.3 Å². The van der Waals surface area contributed by atoms with Gasteiger partial charge in [0.05, 0.1) is 0 Å². The van der Waals surface area contributed by atoms with Gasteiger partial charge in [-0.1, -0.05) is 51.1 Å². The van der Waals surface area contributed by atoms with Crippen molar-refractivity contribution in [3.63, 3.8) is 0 Å². The number of anilines is 1. The Kier molecular flexibility index (Phi) is 4.27. The Morgan fingerprint density at radius 1 is 1.16 bits per heavy atom. The van der Waals surface area contributed by atoms with Gasteiger partial charge in [0.1, 0.15) is 0 Å². The highest BCUT2D eigenvalue weighted by Gasteiger charge is 2.25. The smallest absolute Gasteiger partial charge is 0.0468 e. The maximum Gasteiger partial charge on any atom is 0.0468 e. The molecule has 0 fully saturated rings. The van der Waals surface area contributed by atoms with Gasteiger partial charge in [0.15, 0.2) is 0 Å². The molecule has 2 rings (SSSR count). The van der Waals surface area contributed by atoms with Crippen molar-refractivity contribution >= 4 is 17.0 Å². The highest BCUT2D eigenvalue weighted by Crippen LogP contribution is 2.33. The molecule has 3 N–H and O–H groups in total. The normalized spacial score (nSPS) is 13.4. The van der Waals surface area contributed by atoms with Crippen molar-refractivity contribution in [2.75, 3.05) is 5.73 Å². The van der Waals surface area contributed by atoms with E-state index < -0.39 is 0 Å². The summed E-state index contributed by atoms with van der Waals surface area (Å²) in [6.45, 7) is 7.60. The van der Waals surface area contributed by atoms with Gasteiger partial charge in [-0.25, -0.2) is 0 Å². The summed E-state index contributed by atoms with van der Waals surface area (Å²) in [5.41, 5.74) is 8.32. The molecule has 19 heavy (non-hydrogen) atoms. The van der Waals surface area contributed by atoms with E-state index in [2.05, 4.69) is 56.4 Å². The fraction of sp³-hybridized carbons (Fsp3) is 0.375. The van der Waals surface area contributed by atoms with E-state index in [0.717, 1.165) is 12.2 Å². The molecule has 0 saturated carbocycles. The molecule has 0 aliphatic rings. The molecule has 0 bridgehead atoms. The monoisotopic (exact) mass is 274 g/mol. The first-order valence-electron chi connectivity index (χ1n) is 6.58. The minimum Gasteiger partial charge on any atom is -0.398 e. The summed E-state index contributed by atoms with van der Waals surface area (Å²) in [5, 5.41) is 5.69. The van der Waals surface area contributed by atoms with Crippen LogP contribution in [-0.4, -0.2) is 0 Å². The fourth-order valence-corrected chi connectivity index (χ4v) is 3.01. The molecule has 0 aliphatic carbocycles. The SMILES string of the molecule is CC(C)(C)C(NCc1sccc1N)c1ccccc1. The molecule has 1 unspecified atom stereocenters. The van der Waals surface area contributed by atoms with E-state index in [9.17, 15) is 0 Å². The van der Waals surface area contributed by atoms with Crippen molar-refractivity contribution in [2.24, 2.45) is 5.41 Å². The van der Waals surface area contributed by atoms with Crippen molar-refractivity contribution in [3.8, 4) is 0 Å². The summed E-state index contributed by atoms with van der Waals surface area (Å²) in [6, 6.07) is 12.9. The molecule has 102 valence electrons. The van der Waals surface area contributed by atoms with Crippen LogP contribution in [0.25, 0.3) is 0 Å². The van der Waals surface area contributed by atoms with Crippen LogP contribution in [0.2, 0.25) is 0 Å². The molecule has 1 aromatic carbocycles. The van der Waals surface area contributed by atoms with Crippen LogP contribution >= 0.6 is 11.3 Å². The van der Waals surface area contributed by atoms with Crippen molar-refractivity contribution < 1.29 is 0 Å². The lowest BCUT2D eigenvalue weighted by molar-refractivity contribution is 0.271. The molecular formula is C16H22N2S. The Morgan fingerprint density at radius 3 is 2.37 bits per heavy atom. The second-order valence-electron chi connectivity index (χ2n) is 5.89. The number of nitrogens with one attached hydrogen (secondary N) is 1. The molecule has 0 radical (unpaired) electrons. The van der Waals surface area contributed by atoms with Crippen LogP contribution in [0, 0.1) is 5.41 Å². The van der Waals surface area contributed by atoms with E-state index in [1.165, 1.54) is 10.4 Å². The van der Waals surface area contributed by atoms with Gasteiger partial charge in [-0.2, -0.15) is 0 Å². The predicted molar refractivity (Wildman–Crippen MR) is 84.2 cm³/mol. The van der Waals surface area contributed by atoms with Crippen LogP contribution in [0.5, 0.6) is 0 Å². The minimum atomic E-state index is 0.160. The summed E-state index contributed by atoms with van der Waals surface area (Å²) in [4.78, 5) is 1.21. The van der Waals surface area contributed by atoms with Gasteiger partial charge in [-0.3, -0.25) is 0 Å². The molecule has 2 aromatic rings. The largest absolute Gasteiger partial charge is 0.398 e. The average molecular weight is 274 g/mol. The van der Waals surface area contributed by atoms with E-state index in [-0.39, 0.29) is 5.41 Å². The Hall–Kier alpha value is -1.32. The van der Waals surface area contributed by atoms with E-state index in [1.807, 2.05) is 11.4 Å². The van der Waals surface area contributed by atoms with Crippen LogP contribution in [0.15, 0.2) is 41.8 Å². The summed E-state index contributed by atoms with van der Waals surface area (Å²) in [7, 11) is 0.